The van der Waals surface area contributed by atoms with Gasteiger partial charge >= 0.3 is 0 Å². The Morgan fingerprint density at radius 1 is 0.964 bits per heavy atom. The molecule has 0 radical (unpaired) electrons. The Kier molecular flexibility index (Phi) is 6.47. The van der Waals surface area contributed by atoms with Crippen molar-refractivity contribution in [2.75, 3.05) is 45.8 Å². The maximum absolute atomic E-state index is 13.2. The molecule has 1 amide bonds. The van der Waals surface area contributed by atoms with Crippen molar-refractivity contribution in [1.82, 2.24) is 14.1 Å². The van der Waals surface area contributed by atoms with Crippen molar-refractivity contribution in [2.24, 2.45) is 5.92 Å². The molecule has 7 heteroatoms. The minimum atomic E-state index is -3.51. The van der Waals surface area contributed by atoms with Crippen LogP contribution in [0.3, 0.4) is 0 Å². The van der Waals surface area contributed by atoms with E-state index in [9.17, 15) is 13.2 Å². The smallest absolute Gasteiger partial charge is 0.243 e. The average Bonchev–Trinajstić information content (AvgIpc) is 2.61. The highest BCUT2D eigenvalue weighted by Crippen LogP contribution is 2.26. The fraction of sp³-hybridized carbons (Fsp3) is 0.667. The minimum Gasteiger partial charge on any atom is -0.342 e. The second-order valence-corrected chi connectivity index (χ2v) is 10.3. The lowest BCUT2D eigenvalue weighted by Crippen LogP contribution is -2.52. The first kappa shape index (κ1) is 21.3. The van der Waals surface area contributed by atoms with E-state index >= 15 is 0 Å². The number of aryl methyl sites for hydroxylation is 3. The predicted octanol–water partition coefficient (Wildman–Crippen LogP) is 2.18. The summed E-state index contributed by atoms with van der Waals surface area (Å²) >= 11 is 0. The molecular formula is C21H33N3O3S. The van der Waals surface area contributed by atoms with Crippen LogP contribution in [0.1, 0.15) is 36.5 Å². The number of benzene rings is 1. The summed E-state index contributed by atoms with van der Waals surface area (Å²) in [5.74, 6) is 0.875. The van der Waals surface area contributed by atoms with Crippen LogP contribution in [0.15, 0.2) is 17.0 Å². The molecule has 0 spiro atoms. The molecule has 2 aliphatic rings. The quantitative estimate of drug-likeness (QED) is 0.768. The van der Waals surface area contributed by atoms with E-state index in [4.69, 9.17) is 0 Å². The Bertz CT molecular complexity index is 798. The Hall–Kier alpha value is -1.44. The monoisotopic (exact) mass is 407 g/mol. The van der Waals surface area contributed by atoms with Gasteiger partial charge in [-0.15, -0.1) is 0 Å². The maximum atomic E-state index is 13.2. The molecule has 2 saturated heterocycles. The molecule has 0 bridgehead atoms. The molecule has 0 aromatic heterocycles. The van der Waals surface area contributed by atoms with Crippen molar-refractivity contribution in [3.8, 4) is 0 Å². The molecule has 3 rings (SSSR count). The Morgan fingerprint density at radius 2 is 1.50 bits per heavy atom. The second kappa shape index (κ2) is 8.51. The Labute approximate surface area is 169 Å². The summed E-state index contributed by atoms with van der Waals surface area (Å²) in [6.45, 7) is 12.1. The number of carbonyl (C=O) groups excluding carboxylic acids is 1. The van der Waals surface area contributed by atoms with E-state index in [-0.39, 0.29) is 5.91 Å². The number of hydrogen-bond donors (Lipinski definition) is 0. The van der Waals surface area contributed by atoms with Crippen molar-refractivity contribution >= 4 is 15.9 Å². The van der Waals surface area contributed by atoms with Gasteiger partial charge in [0.1, 0.15) is 0 Å². The maximum Gasteiger partial charge on any atom is 0.243 e. The zero-order chi connectivity index (χ0) is 20.5. The van der Waals surface area contributed by atoms with E-state index in [0.29, 0.717) is 43.5 Å². The minimum absolute atomic E-state index is 0.174. The van der Waals surface area contributed by atoms with Gasteiger partial charge in [0.25, 0.3) is 0 Å². The number of piperazine rings is 1. The summed E-state index contributed by atoms with van der Waals surface area (Å²) in [6.07, 6.45) is 2.15. The zero-order valence-corrected chi connectivity index (χ0v) is 18.4. The number of nitrogens with zero attached hydrogens (tertiary/aromatic N) is 3. The van der Waals surface area contributed by atoms with Crippen molar-refractivity contribution in [3.05, 3.63) is 28.8 Å². The van der Waals surface area contributed by atoms with Crippen LogP contribution in [0.2, 0.25) is 0 Å². The van der Waals surface area contributed by atoms with E-state index in [0.717, 1.165) is 42.6 Å². The lowest BCUT2D eigenvalue weighted by atomic mass is 9.99. The number of amides is 1. The fourth-order valence-corrected chi connectivity index (χ4v) is 6.21. The van der Waals surface area contributed by atoms with Crippen LogP contribution >= 0.6 is 0 Å². The summed E-state index contributed by atoms with van der Waals surface area (Å²) in [5, 5.41) is 0. The number of rotatable bonds is 4. The van der Waals surface area contributed by atoms with Gasteiger partial charge in [-0.3, -0.25) is 9.69 Å². The Morgan fingerprint density at radius 3 is 2.04 bits per heavy atom. The molecule has 28 heavy (non-hydrogen) atoms. The molecule has 0 saturated carbocycles. The van der Waals surface area contributed by atoms with Crippen LogP contribution in [-0.4, -0.2) is 74.2 Å². The summed E-state index contributed by atoms with van der Waals surface area (Å²) in [5.41, 5.74) is 2.67. The summed E-state index contributed by atoms with van der Waals surface area (Å²) < 4.78 is 27.9. The standard InChI is InChI=1S/C21H33N3O3S/c1-16-5-7-23(8-6-16)20(25)15-22-9-11-24(12-10-22)28(26,27)21-18(3)13-17(2)14-19(21)4/h13-14,16H,5-12,15H2,1-4H3. The van der Waals surface area contributed by atoms with Crippen LogP contribution in [0.5, 0.6) is 0 Å². The van der Waals surface area contributed by atoms with Gasteiger partial charge in [0.2, 0.25) is 15.9 Å². The first-order chi connectivity index (χ1) is 13.2. The topological polar surface area (TPSA) is 60.9 Å². The van der Waals surface area contributed by atoms with E-state index in [1.54, 1.807) is 4.31 Å². The number of hydrogen-bond acceptors (Lipinski definition) is 4. The van der Waals surface area contributed by atoms with E-state index in [2.05, 4.69) is 11.8 Å². The predicted molar refractivity (Wildman–Crippen MR) is 111 cm³/mol. The molecule has 2 heterocycles. The van der Waals surface area contributed by atoms with Crippen molar-refractivity contribution in [2.45, 2.75) is 45.4 Å². The molecule has 0 unspecified atom stereocenters. The first-order valence-corrected chi connectivity index (χ1v) is 11.7. The zero-order valence-electron chi connectivity index (χ0n) is 17.6. The molecule has 2 aliphatic heterocycles. The molecule has 2 fully saturated rings. The van der Waals surface area contributed by atoms with Crippen LogP contribution in [-0.2, 0) is 14.8 Å². The van der Waals surface area contributed by atoms with Crippen molar-refractivity contribution < 1.29 is 13.2 Å². The molecule has 0 aliphatic carbocycles. The lowest BCUT2D eigenvalue weighted by molar-refractivity contribution is -0.134. The van der Waals surface area contributed by atoms with Gasteiger partial charge in [-0.1, -0.05) is 24.6 Å². The number of likely N-dealkylation sites (tertiary alicyclic amines) is 1. The van der Waals surface area contributed by atoms with Crippen molar-refractivity contribution in [1.29, 1.82) is 0 Å². The van der Waals surface area contributed by atoms with Crippen LogP contribution in [0, 0.1) is 26.7 Å². The molecule has 0 atom stereocenters. The summed E-state index contributed by atoms with van der Waals surface area (Å²) in [7, 11) is -3.51. The Balaban J connectivity index is 1.60. The van der Waals surface area contributed by atoms with Crippen molar-refractivity contribution in [3.63, 3.8) is 0 Å². The van der Waals surface area contributed by atoms with Gasteiger partial charge in [-0.2, -0.15) is 4.31 Å². The van der Waals surface area contributed by atoms with Crippen LogP contribution in [0.25, 0.3) is 0 Å². The van der Waals surface area contributed by atoms with Gasteiger partial charge in [0.05, 0.1) is 11.4 Å². The van der Waals surface area contributed by atoms with E-state index < -0.39 is 10.0 Å². The molecule has 0 N–H and O–H groups in total. The third kappa shape index (κ3) is 4.58. The molecule has 1 aromatic carbocycles. The molecular weight excluding hydrogens is 374 g/mol. The third-order valence-electron chi connectivity index (χ3n) is 6.03. The summed E-state index contributed by atoms with van der Waals surface area (Å²) in [6, 6.07) is 3.85. The summed E-state index contributed by atoms with van der Waals surface area (Å²) in [4.78, 5) is 17.0. The largest absolute Gasteiger partial charge is 0.342 e. The normalized spacial score (nSPS) is 20.5. The van der Waals surface area contributed by atoms with Gasteiger partial charge < -0.3 is 4.90 Å². The van der Waals surface area contributed by atoms with Crippen LogP contribution < -0.4 is 0 Å². The SMILES string of the molecule is Cc1cc(C)c(S(=O)(=O)N2CCN(CC(=O)N3CCC(C)CC3)CC2)c(C)c1. The third-order valence-corrected chi connectivity index (χ3v) is 8.23. The first-order valence-electron chi connectivity index (χ1n) is 10.3. The van der Waals surface area contributed by atoms with Gasteiger partial charge in [0.15, 0.2) is 0 Å². The highest BCUT2D eigenvalue weighted by atomic mass is 32.2. The van der Waals surface area contributed by atoms with Crippen LogP contribution in [0.4, 0.5) is 0 Å². The number of piperidine rings is 1. The second-order valence-electron chi connectivity index (χ2n) is 8.47. The van der Waals surface area contributed by atoms with E-state index in [1.807, 2.05) is 37.8 Å². The molecule has 156 valence electrons. The molecule has 6 nitrogen and oxygen atoms in total. The van der Waals surface area contributed by atoms with Gasteiger partial charge in [0, 0.05) is 39.3 Å². The number of carbonyl (C=O) groups is 1. The highest BCUT2D eigenvalue weighted by molar-refractivity contribution is 7.89. The van der Waals surface area contributed by atoms with Gasteiger partial charge in [-0.05, 0) is 50.7 Å². The molecule has 1 aromatic rings. The van der Waals surface area contributed by atoms with E-state index in [1.165, 1.54) is 0 Å². The number of sulfonamides is 1. The van der Waals surface area contributed by atoms with Gasteiger partial charge in [-0.25, -0.2) is 8.42 Å². The highest BCUT2D eigenvalue weighted by Gasteiger charge is 2.32. The fourth-order valence-electron chi connectivity index (χ4n) is 4.38. The average molecular weight is 408 g/mol. The lowest BCUT2D eigenvalue weighted by Gasteiger charge is -2.36.